The lowest BCUT2D eigenvalue weighted by Gasteiger charge is -2.30. The highest BCUT2D eigenvalue weighted by atomic mass is 19.1. The van der Waals surface area contributed by atoms with Gasteiger partial charge in [-0.15, -0.1) is 0 Å². The lowest BCUT2D eigenvalue weighted by Crippen LogP contribution is -2.38. The highest BCUT2D eigenvalue weighted by molar-refractivity contribution is 5.96. The molecule has 2 fully saturated rings. The van der Waals surface area contributed by atoms with E-state index >= 15 is 0 Å². The number of aldehydes is 1. The number of amides is 1. The van der Waals surface area contributed by atoms with E-state index in [0.29, 0.717) is 35.9 Å². The van der Waals surface area contributed by atoms with Crippen molar-refractivity contribution < 1.29 is 18.7 Å². The van der Waals surface area contributed by atoms with Gasteiger partial charge in [-0.25, -0.2) is 4.39 Å². The second-order valence-corrected chi connectivity index (χ2v) is 11.0. The summed E-state index contributed by atoms with van der Waals surface area (Å²) in [6.07, 6.45) is 7.94. The molecule has 40 heavy (non-hydrogen) atoms. The zero-order valence-electron chi connectivity index (χ0n) is 23.8. The molecule has 5 nitrogen and oxygen atoms in total. The lowest BCUT2D eigenvalue weighted by molar-refractivity contribution is -0.124. The van der Waals surface area contributed by atoms with Crippen molar-refractivity contribution in [3.8, 4) is 11.1 Å². The highest BCUT2D eigenvalue weighted by Gasteiger charge is 2.44. The van der Waals surface area contributed by atoms with Crippen molar-refractivity contribution in [2.75, 3.05) is 38.1 Å². The van der Waals surface area contributed by atoms with Crippen molar-refractivity contribution in [2.45, 2.75) is 32.2 Å². The molecule has 0 saturated heterocycles. The van der Waals surface area contributed by atoms with E-state index in [-0.39, 0.29) is 11.8 Å². The molecular weight excluding hydrogens is 503 g/mol. The third-order valence-corrected chi connectivity index (χ3v) is 7.92. The molecule has 0 spiro atoms. The van der Waals surface area contributed by atoms with Crippen molar-refractivity contribution in [1.29, 1.82) is 0 Å². The minimum atomic E-state index is -0.426. The van der Waals surface area contributed by atoms with Gasteiger partial charge in [0.1, 0.15) is 12.1 Å². The second kappa shape index (κ2) is 13.5. The molecule has 0 N–H and O–H groups in total. The Morgan fingerprint density at radius 2 is 1.57 bits per heavy atom. The third-order valence-electron chi connectivity index (χ3n) is 7.92. The van der Waals surface area contributed by atoms with E-state index in [1.165, 1.54) is 24.6 Å². The Hall–Kier alpha value is -3.77. The van der Waals surface area contributed by atoms with Gasteiger partial charge in [-0.1, -0.05) is 48.9 Å². The molecule has 0 heterocycles. The Balaban J connectivity index is 0.00000118. The van der Waals surface area contributed by atoms with Crippen LogP contribution in [0.5, 0.6) is 0 Å². The van der Waals surface area contributed by atoms with Gasteiger partial charge in [0, 0.05) is 45.6 Å². The standard InChI is InChI=1S/C32H33FN2O2.C2H6O/c1-34(2)29-13-11-26(12-14-29)25-8-5-22(6-9-25)21-35(32(37)31-19-24-7-10-27(31)16-24)30-18-23(4-3-15-36)17-28(33)20-30;1-3-2/h3-6,8-9,11-15,17-18,20,24,27,31H,7,10,16,19,21H2,1-2H3;1-2H3/b4-3+;. The fourth-order valence-corrected chi connectivity index (χ4v) is 5.98. The Morgan fingerprint density at radius 1 is 0.925 bits per heavy atom. The number of allylic oxidation sites excluding steroid dienone is 1. The molecule has 3 aromatic carbocycles. The van der Waals surface area contributed by atoms with Crippen molar-refractivity contribution in [2.24, 2.45) is 17.8 Å². The van der Waals surface area contributed by atoms with E-state index < -0.39 is 5.82 Å². The normalized spacial score (nSPS) is 19.3. The molecule has 2 aliphatic carbocycles. The van der Waals surface area contributed by atoms with Gasteiger partial charge in [-0.05, 0) is 89.8 Å². The summed E-state index contributed by atoms with van der Waals surface area (Å²) in [5.74, 6) is 0.704. The summed E-state index contributed by atoms with van der Waals surface area (Å²) in [5.41, 5.74) is 5.45. The first-order valence-electron chi connectivity index (χ1n) is 13.8. The summed E-state index contributed by atoms with van der Waals surface area (Å²) in [6.45, 7) is 0.368. The van der Waals surface area contributed by atoms with Crippen LogP contribution >= 0.6 is 0 Å². The summed E-state index contributed by atoms with van der Waals surface area (Å²) >= 11 is 0. The summed E-state index contributed by atoms with van der Waals surface area (Å²) in [6, 6.07) is 21.2. The number of benzene rings is 3. The average molecular weight is 543 g/mol. The van der Waals surface area contributed by atoms with E-state index in [0.717, 1.165) is 41.6 Å². The largest absolute Gasteiger partial charge is 0.388 e. The number of fused-ring (bicyclic) bond motifs is 2. The second-order valence-electron chi connectivity index (χ2n) is 11.0. The number of nitrogens with zero attached hydrogens (tertiary/aromatic N) is 2. The fourth-order valence-electron chi connectivity index (χ4n) is 5.98. The summed E-state index contributed by atoms with van der Waals surface area (Å²) < 4.78 is 18.9. The van der Waals surface area contributed by atoms with Crippen LogP contribution in [-0.4, -0.2) is 40.5 Å². The van der Waals surface area contributed by atoms with Crippen LogP contribution in [0, 0.1) is 23.6 Å². The number of halogens is 1. The average Bonchev–Trinajstić information content (AvgIpc) is 3.59. The Bertz CT molecular complexity index is 1320. The van der Waals surface area contributed by atoms with Crippen LogP contribution in [0.4, 0.5) is 15.8 Å². The molecule has 0 aromatic heterocycles. The van der Waals surface area contributed by atoms with Gasteiger partial charge in [-0.3, -0.25) is 9.59 Å². The maximum Gasteiger partial charge on any atom is 0.230 e. The molecule has 2 bridgehead atoms. The maximum absolute atomic E-state index is 14.6. The zero-order valence-corrected chi connectivity index (χ0v) is 23.8. The first kappa shape index (κ1) is 29.2. The van der Waals surface area contributed by atoms with Crippen LogP contribution in [0.2, 0.25) is 0 Å². The molecule has 1 amide bonds. The molecule has 2 aliphatic rings. The number of rotatable bonds is 8. The minimum Gasteiger partial charge on any atom is -0.388 e. The molecule has 5 rings (SSSR count). The molecule has 3 atom stereocenters. The summed E-state index contributed by atoms with van der Waals surface area (Å²) in [4.78, 5) is 28.5. The van der Waals surface area contributed by atoms with E-state index in [4.69, 9.17) is 0 Å². The number of carbonyl (C=O) groups is 2. The van der Waals surface area contributed by atoms with Crippen molar-refractivity contribution in [3.05, 3.63) is 89.8 Å². The van der Waals surface area contributed by atoms with Gasteiger partial charge in [0.25, 0.3) is 0 Å². The van der Waals surface area contributed by atoms with E-state index in [2.05, 4.69) is 46.0 Å². The van der Waals surface area contributed by atoms with Crippen LogP contribution in [0.15, 0.2) is 72.8 Å². The number of hydrogen-bond acceptors (Lipinski definition) is 4. The number of ether oxygens (including phenoxy) is 1. The van der Waals surface area contributed by atoms with E-state index in [1.54, 1.807) is 31.3 Å². The van der Waals surface area contributed by atoms with Crippen molar-refractivity contribution >= 4 is 29.6 Å². The SMILES string of the molecule is CN(C)c1ccc(-c2ccc(CN(C(=O)C3CC4CCC3C4)c3cc(F)cc(/C=C/C=O)c3)cc2)cc1.COC. The molecule has 6 heteroatoms. The van der Waals surface area contributed by atoms with Crippen molar-refractivity contribution in [3.63, 3.8) is 0 Å². The van der Waals surface area contributed by atoms with Gasteiger partial charge < -0.3 is 14.5 Å². The first-order valence-corrected chi connectivity index (χ1v) is 13.8. The summed E-state index contributed by atoms with van der Waals surface area (Å²) in [5, 5.41) is 0. The monoisotopic (exact) mass is 542 g/mol. The molecule has 3 unspecified atom stereocenters. The zero-order chi connectivity index (χ0) is 28.6. The number of hydrogen-bond donors (Lipinski definition) is 0. The third kappa shape index (κ3) is 7.05. The predicted molar refractivity (Wildman–Crippen MR) is 161 cm³/mol. The van der Waals surface area contributed by atoms with Crippen molar-refractivity contribution in [1.82, 2.24) is 0 Å². The molecule has 210 valence electrons. The van der Waals surface area contributed by atoms with Crippen LogP contribution in [0.1, 0.15) is 36.8 Å². The molecule has 3 aromatic rings. The smallest absolute Gasteiger partial charge is 0.230 e. The number of anilines is 2. The molecule has 0 aliphatic heterocycles. The first-order chi connectivity index (χ1) is 19.3. The highest BCUT2D eigenvalue weighted by Crippen LogP contribution is 2.49. The topological polar surface area (TPSA) is 49.9 Å². The van der Waals surface area contributed by atoms with Gasteiger partial charge in [0.2, 0.25) is 5.91 Å². The molecular formula is C34H39FN2O3. The lowest BCUT2D eigenvalue weighted by atomic mass is 9.87. The Kier molecular flexibility index (Phi) is 9.88. The number of carbonyl (C=O) groups excluding carboxylic acids is 2. The predicted octanol–water partition coefficient (Wildman–Crippen LogP) is 7.00. The number of methoxy groups -OCH3 is 1. The minimum absolute atomic E-state index is 0.00882. The van der Waals surface area contributed by atoms with Gasteiger partial charge in [-0.2, -0.15) is 0 Å². The van der Waals surface area contributed by atoms with E-state index in [9.17, 15) is 14.0 Å². The quantitative estimate of drug-likeness (QED) is 0.227. The molecule has 0 radical (unpaired) electrons. The van der Waals surface area contributed by atoms with Crippen LogP contribution in [0.25, 0.3) is 17.2 Å². The van der Waals surface area contributed by atoms with Crippen LogP contribution < -0.4 is 9.80 Å². The summed E-state index contributed by atoms with van der Waals surface area (Å²) in [7, 11) is 7.29. The Morgan fingerprint density at radius 3 is 2.12 bits per heavy atom. The fraction of sp³-hybridized carbons (Fsp3) is 0.353. The van der Waals surface area contributed by atoms with Crippen LogP contribution in [-0.2, 0) is 20.9 Å². The molecule has 2 saturated carbocycles. The van der Waals surface area contributed by atoms with Gasteiger partial charge >= 0.3 is 0 Å². The van der Waals surface area contributed by atoms with Crippen LogP contribution in [0.3, 0.4) is 0 Å². The van der Waals surface area contributed by atoms with E-state index in [1.807, 2.05) is 26.2 Å². The van der Waals surface area contributed by atoms with Gasteiger partial charge in [0.15, 0.2) is 0 Å². The maximum atomic E-state index is 14.6. The van der Waals surface area contributed by atoms with Gasteiger partial charge in [0.05, 0.1) is 6.54 Å². The Labute approximate surface area is 237 Å².